The summed E-state index contributed by atoms with van der Waals surface area (Å²) in [5.74, 6) is 0. The van der Waals surface area contributed by atoms with Crippen molar-refractivity contribution in [3.8, 4) is 22.4 Å². The van der Waals surface area contributed by atoms with Gasteiger partial charge < -0.3 is 0 Å². The highest BCUT2D eigenvalue weighted by Gasteiger charge is 2.11. The van der Waals surface area contributed by atoms with Crippen molar-refractivity contribution in [2.75, 3.05) is 0 Å². The van der Waals surface area contributed by atoms with Gasteiger partial charge >= 0.3 is 0 Å². The number of hydrogen-bond donors (Lipinski definition) is 0. The van der Waals surface area contributed by atoms with E-state index in [1.54, 1.807) is 0 Å². The normalized spacial score (nSPS) is 11.2. The van der Waals surface area contributed by atoms with Gasteiger partial charge in [0.05, 0.1) is 17.1 Å². The summed E-state index contributed by atoms with van der Waals surface area (Å²) in [5.41, 5.74) is 6.48. The van der Waals surface area contributed by atoms with Crippen molar-refractivity contribution in [1.29, 1.82) is 0 Å². The molecule has 0 aliphatic rings. The van der Waals surface area contributed by atoms with Gasteiger partial charge in [-0.2, -0.15) is 0 Å². The Balaban J connectivity index is 1.71. The van der Waals surface area contributed by atoms with Gasteiger partial charge in [0.15, 0.2) is 0 Å². The Bertz CT molecular complexity index is 1330. The number of aryl methyl sites for hydroxylation is 2. The minimum absolute atomic E-state index is 0.944. The lowest BCUT2D eigenvalue weighted by Crippen LogP contribution is -1.95. The zero-order valence-electron chi connectivity index (χ0n) is 16.0. The van der Waals surface area contributed by atoms with Crippen LogP contribution in [0.25, 0.3) is 43.9 Å². The Morgan fingerprint density at radius 3 is 2.21 bits per heavy atom. The summed E-state index contributed by atoms with van der Waals surface area (Å²) in [4.78, 5) is 9.25. The van der Waals surface area contributed by atoms with Crippen molar-refractivity contribution in [2.24, 2.45) is 0 Å². The summed E-state index contributed by atoms with van der Waals surface area (Å²) in [6.07, 6.45) is 1.84. The summed E-state index contributed by atoms with van der Waals surface area (Å²) >= 11 is 0. The molecule has 0 bridgehead atoms. The van der Waals surface area contributed by atoms with Crippen molar-refractivity contribution < 1.29 is 0 Å². The molecule has 1 heterocycles. The summed E-state index contributed by atoms with van der Waals surface area (Å²) in [5, 5.41) is 4.96. The standard InChI is InChI=1S/C26H20N2/c1-17-16-27-26(18(2)28-17)25-12-6-9-20-15-21(13-14-24(20)25)23-11-5-8-19-7-3-4-10-22(19)23/h3-16H,1-2H3. The number of fused-ring (bicyclic) bond motifs is 2. The first-order valence-electron chi connectivity index (χ1n) is 9.52. The van der Waals surface area contributed by atoms with Crippen molar-refractivity contribution >= 4 is 21.5 Å². The Hall–Kier alpha value is -3.52. The van der Waals surface area contributed by atoms with Gasteiger partial charge in [-0.3, -0.25) is 9.97 Å². The third-order valence-electron chi connectivity index (χ3n) is 5.30. The van der Waals surface area contributed by atoms with Gasteiger partial charge in [-0.05, 0) is 52.6 Å². The molecule has 4 aromatic carbocycles. The molecule has 5 aromatic rings. The van der Waals surface area contributed by atoms with E-state index in [0.29, 0.717) is 0 Å². The SMILES string of the molecule is Cc1cnc(-c2cccc3cc(-c4cccc5ccccc45)ccc23)c(C)n1. The Morgan fingerprint density at radius 2 is 1.36 bits per heavy atom. The maximum absolute atomic E-state index is 4.66. The molecule has 28 heavy (non-hydrogen) atoms. The van der Waals surface area contributed by atoms with Gasteiger partial charge in [-0.1, -0.05) is 72.8 Å². The van der Waals surface area contributed by atoms with Crippen LogP contribution >= 0.6 is 0 Å². The predicted molar refractivity (Wildman–Crippen MR) is 117 cm³/mol. The largest absolute Gasteiger partial charge is 0.255 e. The first-order chi connectivity index (χ1) is 13.7. The molecule has 0 atom stereocenters. The van der Waals surface area contributed by atoms with Crippen LogP contribution in [0.3, 0.4) is 0 Å². The molecule has 0 fully saturated rings. The van der Waals surface area contributed by atoms with Gasteiger partial charge in [-0.25, -0.2) is 0 Å². The first-order valence-corrected chi connectivity index (χ1v) is 9.52. The van der Waals surface area contributed by atoms with Gasteiger partial charge in [0.25, 0.3) is 0 Å². The van der Waals surface area contributed by atoms with Crippen LogP contribution in [0.2, 0.25) is 0 Å². The van der Waals surface area contributed by atoms with Crippen LogP contribution in [-0.2, 0) is 0 Å². The molecule has 0 amide bonds. The lowest BCUT2D eigenvalue weighted by atomic mass is 9.94. The van der Waals surface area contributed by atoms with Crippen LogP contribution in [0.4, 0.5) is 0 Å². The highest BCUT2D eigenvalue weighted by molar-refractivity contribution is 6.02. The van der Waals surface area contributed by atoms with Gasteiger partial charge in [0.2, 0.25) is 0 Å². The summed E-state index contributed by atoms with van der Waals surface area (Å²) in [7, 11) is 0. The average Bonchev–Trinajstić information content (AvgIpc) is 2.73. The molecule has 0 spiro atoms. The van der Waals surface area contributed by atoms with E-state index in [0.717, 1.165) is 22.6 Å². The molecule has 0 saturated heterocycles. The fourth-order valence-corrected chi connectivity index (χ4v) is 4.00. The van der Waals surface area contributed by atoms with Crippen molar-refractivity contribution in [2.45, 2.75) is 13.8 Å². The molecular formula is C26H20N2. The van der Waals surface area contributed by atoms with Crippen LogP contribution < -0.4 is 0 Å². The molecule has 1 aromatic heterocycles. The quantitative estimate of drug-likeness (QED) is 0.349. The molecule has 0 aliphatic heterocycles. The molecule has 2 nitrogen and oxygen atoms in total. The zero-order valence-corrected chi connectivity index (χ0v) is 16.0. The molecule has 5 rings (SSSR count). The smallest absolute Gasteiger partial charge is 0.0920 e. The topological polar surface area (TPSA) is 25.8 Å². The average molecular weight is 360 g/mol. The number of aromatic nitrogens is 2. The Kier molecular flexibility index (Phi) is 3.91. The third kappa shape index (κ3) is 2.74. The predicted octanol–water partition coefficient (Wildman–Crippen LogP) is 6.73. The highest BCUT2D eigenvalue weighted by Crippen LogP contribution is 2.34. The first kappa shape index (κ1) is 16.6. The van der Waals surface area contributed by atoms with E-state index >= 15 is 0 Å². The summed E-state index contributed by atoms with van der Waals surface area (Å²) in [6.45, 7) is 4.00. The van der Waals surface area contributed by atoms with E-state index in [1.165, 1.54) is 32.7 Å². The number of nitrogens with zero attached hydrogens (tertiary/aromatic N) is 2. The van der Waals surface area contributed by atoms with E-state index in [4.69, 9.17) is 0 Å². The minimum Gasteiger partial charge on any atom is -0.255 e. The third-order valence-corrected chi connectivity index (χ3v) is 5.30. The number of benzene rings is 4. The van der Waals surface area contributed by atoms with Crippen molar-refractivity contribution in [3.63, 3.8) is 0 Å². The van der Waals surface area contributed by atoms with Crippen LogP contribution in [-0.4, -0.2) is 9.97 Å². The van der Waals surface area contributed by atoms with Gasteiger partial charge in [-0.15, -0.1) is 0 Å². The fraction of sp³-hybridized carbons (Fsp3) is 0.0769. The second-order valence-electron chi connectivity index (χ2n) is 7.21. The van der Waals surface area contributed by atoms with E-state index < -0.39 is 0 Å². The highest BCUT2D eigenvalue weighted by atomic mass is 14.8. The van der Waals surface area contributed by atoms with Crippen LogP contribution in [0.1, 0.15) is 11.4 Å². The van der Waals surface area contributed by atoms with Crippen LogP contribution in [0, 0.1) is 13.8 Å². The lowest BCUT2D eigenvalue weighted by Gasteiger charge is -2.12. The number of rotatable bonds is 2. The van der Waals surface area contributed by atoms with Crippen LogP contribution in [0.5, 0.6) is 0 Å². The van der Waals surface area contributed by atoms with E-state index in [2.05, 4.69) is 88.8 Å². The number of hydrogen-bond acceptors (Lipinski definition) is 2. The van der Waals surface area contributed by atoms with E-state index in [9.17, 15) is 0 Å². The molecule has 0 N–H and O–H groups in total. The monoisotopic (exact) mass is 360 g/mol. The maximum Gasteiger partial charge on any atom is 0.0920 e. The van der Waals surface area contributed by atoms with E-state index in [-0.39, 0.29) is 0 Å². The molecule has 0 unspecified atom stereocenters. The van der Waals surface area contributed by atoms with Crippen LogP contribution in [0.15, 0.2) is 85.1 Å². The molecule has 0 radical (unpaired) electrons. The molecule has 2 heteroatoms. The van der Waals surface area contributed by atoms with Gasteiger partial charge in [0, 0.05) is 11.8 Å². The zero-order chi connectivity index (χ0) is 19.1. The van der Waals surface area contributed by atoms with Gasteiger partial charge in [0.1, 0.15) is 0 Å². The molecule has 134 valence electrons. The van der Waals surface area contributed by atoms with E-state index in [1.807, 2.05) is 20.0 Å². The minimum atomic E-state index is 0.944. The Morgan fingerprint density at radius 1 is 0.643 bits per heavy atom. The summed E-state index contributed by atoms with van der Waals surface area (Å²) in [6, 6.07) is 28.1. The second-order valence-corrected chi connectivity index (χ2v) is 7.21. The molecule has 0 aliphatic carbocycles. The molecule has 0 saturated carbocycles. The second kappa shape index (κ2) is 6.58. The van der Waals surface area contributed by atoms with Crippen molar-refractivity contribution in [1.82, 2.24) is 9.97 Å². The molecular weight excluding hydrogens is 340 g/mol. The summed E-state index contributed by atoms with van der Waals surface area (Å²) < 4.78 is 0. The van der Waals surface area contributed by atoms with Crippen molar-refractivity contribution in [3.05, 3.63) is 96.4 Å². The fourth-order valence-electron chi connectivity index (χ4n) is 4.00. The lowest BCUT2D eigenvalue weighted by molar-refractivity contribution is 1.06. The maximum atomic E-state index is 4.66. The Labute approximate surface area is 164 Å².